The van der Waals surface area contributed by atoms with Crippen LogP contribution in [0.5, 0.6) is 5.75 Å². The monoisotopic (exact) mass is 401 g/mol. The molecule has 0 atom stereocenters. The molecular formula is C23H19N3O2S. The summed E-state index contributed by atoms with van der Waals surface area (Å²) >= 11 is 5.51. The SMILES string of the molecule is CN1C(=S)N(c2ccc(OCc3ccccc3)cc2)C(=O)/C1=C\c1ccncc1. The van der Waals surface area contributed by atoms with Gasteiger partial charge in [-0.2, -0.15) is 0 Å². The third-order valence-electron chi connectivity index (χ3n) is 4.61. The number of amides is 1. The van der Waals surface area contributed by atoms with Crippen LogP contribution >= 0.6 is 12.2 Å². The van der Waals surface area contributed by atoms with E-state index < -0.39 is 0 Å². The van der Waals surface area contributed by atoms with E-state index in [9.17, 15) is 4.79 Å². The zero-order valence-electron chi connectivity index (χ0n) is 15.9. The predicted octanol–water partition coefficient (Wildman–Crippen LogP) is 4.27. The van der Waals surface area contributed by atoms with Crippen LogP contribution in [0.15, 0.2) is 84.8 Å². The summed E-state index contributed by atoms with van der Waals surface area (Å²) in [5.41, 5.74) is 3.21. The van der Waals surface area contributed by atoms with Crippen molar-refractivity contribution < 1.29 is 9.53 Å². The van der Waals surface area contributed by atoms with E-state index in [4.69, 9.17) is 17.0 Å². The Balaban J connectivity index is 1.51. The van der Waals surface area contributed by atoms with Gasteiger partial charge in [-0.05, 0) is 65.8 Å². The Labute approximate surface area is 174 Å². The highest BCUT2D eigenvalue weighted by Gasteiger charge is 2.36. The molecule has 29 heavy (non-hydrogen) atoms. The highest BCUT2D eigenvalue weighted by atomic mass is 32.1. The lowest BCUT2D eigenvalue weighted by molar-refractivity contribution is -0.114. The molecule has 0 aliphatic carbocycles. The fraction of sp³-hybridized carbons (Fsp3) is 0.0870. The third-order valence-corrected chi connectivity index (χ3v) is 5.07. The van der Waals surface area contributed by atoms with Gasteiger partial charge in [0, 0.05) is 19.4 Å². The number of hydrogen-bond donors (Lipinski definition) is 0. The van der Waals surface area contributed by atoms with E-state index in [1.165, 1.54) is 4.90 Å². The lowest BCUT2D eigenvalue weighted by Gasteiger charge is -2.17. The second kappa shape index (κ2) is 8.24. The van der Waals surface area contributed by atoms with Gasteiger partial charge < -0.3 is 9.64 Å². The number of nitrogens with zero attached hydrogens (tertiary/aromatic N) is 3. The minimum Gasteiger partial charge on any atom is -0.489 e. The molecule has 6 heteroatoms. The minimum absolute atomic E-state index is 0.160. The molecule has 4 rings (SSSR count). The Morgan fingerprint density at radius 1 is 1.00 bits per heavy atom. The van der Waals surface area contributed by atoms with Crippen LogP contribution in [0.3, 0.4) is 0 Å². The molecule has 0 unspecified atom stereocenters. The molecule has 0 radical (unpaired) electrons. The summed E-state index contributed by atoms with van der Waals surface area (Å²) in [6.07, 6.45) is 5.19. The Kier molecular flexibility index (Phi) is 5.35. The highest BCUT2D eigenvalue weighted by molar-refractivity contribution is 7.80. The van der Waals surface area contributed by atoms with Gasteiger partial charge in [-0.25, -0.2) is 0 Å². The molecular weight excluding hydrogens is 382 g/mol. The molecule has 0 bridgehead atoms. The summed E-state index contributed by atoms with van der Waals surface area (Å²) in [5.74, 6) is 0.573. The van der Waals surface area contributed by atoms with E-state index in [-0.39, 0.29) is 5.91 Å². The second-order valence-corrected chi connectivity index (χ2v) is 6.93. The van der Waals surface area contributed by atoms with Crippen molar-refractivity contribution in [2.45, 2.75) is 6.61 Å². The molecule has 2 aromatic carbocycles. The van der Waals surface area contributed by atoms with E-state index in [0.29, 0.717) is 23.1 Å². The molecule has 1 aliphatic rings. The van der Waals surface area contributed by atoms with Crippen molar-refractivity contribution in [1.29, 1.82) is 0 Å². The van der Waals surface area contributed by atoms with Crippen molar-refractivity contribution in [3.63, 3.8) is 0 Å². The van der Waals surface area contributed by atoms with Crippen molar-refractivity contribution >= 4 is 35.0 Å². The van der Waals surface area contributed by atoms with Crippen LogP contribution < -0.4 is 9.64 Å². The maximum absolute atomic E-state index is 13.0. The number of aromatic nitrogens is 1. The molecule has 1 saturated heterocycles. The number of carbonyl (C=O) groups excluding carboxylic acids is 1. The Hall–Kier alpha value is -3.51. The van der Waals surface area contributed by atoms with Gasteiger partial charge in [-0.15, -0.1) is 0 Å². The van der Waals surface area contributed by atoms with Crippen LogP contribution in [-0.4, -0.2) is 28.0 Å². The lowest BCUT2D eigenvalue weighted by Crippen LogP contribution is -2.31. The van der Waals surface area contributed by atoms with Gasteiger partial charge in [-0.1, -0.05) is 30.3 Å². The zero-order chi connectivity index (χ0) is 20.2. The molecule has 5 nitrogen and oxygen atoms in total. The predicted molar refractivity (Wildman–Crippen MR) is 117 cm³/mol. The fourth-order valence-corrected chi connectivity index (χ4v) is 3.32. The van der Waals surface area contributed by atoms with Gasteiger partial charge in [-0.3, -0.25) is 14.7 Å². The highest BCUT2D eigenvalue weighted by Crippen LogP contribution is 2.29. The summed E-state index contributed by atoms with van der Waals surface area (Å²) in [5, 5.41) is 0.438. The van der Waals surface area contributed by atoms with Gasteiger partial charge in [0.05, 0.1) is 5.69 Å². The molecule has 1 fully saturated rings. The van der Waals surface area contributed by atoms with E-state index in [1.54, 1.807) is 24.3 Å². The van der Waals surface area contributed by atoms with Gasteiger partial charge in [0.2, 0.25) is 0 Å². The number of benzene rings is 2. The molecule has 3 aromatic rings. The largest absolute Gasteiger partial charge is 0.489 e. The summed E-state index contributed by atoms with van der Waals surface area (Å²) in [7, 11) is 1.80. The third kappa shape index (κ3) is 4.02. The van der Waals surface area contributed by atoms with E-state index in [2.05, 4.69) is 4.98 Å². The number of ether oxygens (including phenoxy) is 1. The van der Waals surface area contributed by atoms with E-state index >= 15 is 0 Å². The summed E-state index contributed by atoms with van der Waals surface area (Å²) < 4.78 is 5.82. The summed E-state index contributed by atoms with van der Waals surface area (Å²) in [6, 6.07) is 21.0. The smallest absolute Gasteiger partial charge is 0.281 e. The van der Waals surface area contributed by atoms with E-state index in [0.717, 1.165) is 16.9 Å². The Bertz CT molecular complexity index is 1050. The average molecular weight is 401 g/mol. The average Bonchev–Trinajstić information content (AvgIpc) is 2.97. The number of hydrogen-bond acceptors (Lipinski definition) is 4. The van der Waals surface area contributed by atoms with Crippen molar-refractivity contribution in [2.24, 2.45) is 0 Å². The molecule has 1 aliphatic heterocycles. The number of anilines is 1. The van der Waals surface area contributed by atoms with Gasteiger partial charge in [0.15, 0.2) is 5.11 Å². The topological polar surface area (TPSA) is 45.7 Å². The first kappa shape index (κ1) is 18.8. The number of pyridine rings is 1. The summed E-state index contributed by atoms with van der Waals surface area (Å²) in [6.45, 7) is 0.489. The molecule has 144 valence electrons. The van der Waals surface area contributed by atoms with Crippen LogP contribution in [0.1, 0.15) is 11.1 Å². The molecule has 1 amide bonds. The van der Waals surface area contributed by atoms with Crippen LogP contribution in [0.2, 0.25) is 0 Å². The van der Waals surface area contributed by atoms with Gasteiger partial charge in [0.25, 0.3) is 5.91 Å². The quantitative estimate of drug-likeness (QED) is 0.472. The molecule has 0 spiro atoms. The van der Waals surface area contributed by atoms with Crippen molar-refractivity contribution in [3.8, 4) is 5.75 Å². The van der Waals surface area contributed by atoms with Crippen LogP contribution in [0.25, 0.3) is 6.08 Å². The first-order chi connectivity index (χ1) is 14.1. The molecule has 1 aromatic heterocycles. The minimum atomic E-state index is -0.160. The summed E-state index contributed by atoms with van der Waals surface area (Å²) in [4.78, 5) is 20.3. The molecule has 2 heterocycles. The molecule has 0 saturated carbocycles. The van der Waals surface area contributed by atoms with Crippen molar-refractivity contribution in [1.82, 2.24) is 9.88 Å². The van der Waals surface area contributed by atoms with Crippen LogP contribution in [-0.2, 0) is 11.4 Å². The maximum Gasteiger partial charge on any atom is 0.281 e. The lowest BCUT2D eigenvalue weighted by atomic mass is 10.2. The standard InChI is InChI=1S/C23H19N3O2S/c1-25-21(15-17-11-13-24-14-12-17)22(27)26(23(25)29)19-7-9-20(10-8-19)28-16-18-5-3-2-4-6-18/h2-15H,16H2,1H3/b21-15+. The number of likely N-dealkylation sites (N-methyl/N-ethyl adjacent to an activating group) is 1. The normalized spacial score (nSPS) is 15.3. The molecule has 0 N–H and O–H groups in total. The fourth-order valence-electron chi connectivity index (χ4n) is 3.03. The number of thiocarbonyl (C=S) groups is 1. The Morgan fingerprint density at radius 3 is 2.38 bits per heavy atom. The van der Waals surface area contributed by atoms with Crippen molar-refractivity contribution in [3.05, 3.63) is 95.9 Å². The number of rotatable bonds is 5. The van der Waals surface area contributed by atoms with E-state index in [1.807, 2.05) is 72.8 Å². The first-order valence-corrected chi connectivity index (χ1v) is 9.55. The maximum atomic E-state index is 13.0. The Morgan fingerprint density at radius 2 is 1.69 bits per heavy atom. The van der Waals surface area contributed by atoms with Gasteiger partial charge in [0.1, 0.15) is 18.1 Å². The van der Waals surface area contributed by atoms with Crippen LogP contribution in [0.4, 0.5) is 5.69 Å². The zero-order valence-corrected chi connectivity index (χ0v) is 16.7. The van der Waals surface area contributed by atoms with Crippen molar-refractivity contribution in [2.75, 3.05) is 11.9 Å². The van der Waals surface area contributed by atoms with Gasteiger partial charge >= 0.3 is 0 Å². The second-order valence-electron chi connectivity index (χ2n) is 6.56. The van der Waals surface area contributed by atoms with Crippen LogP contribution in [0, 0.1) is 0 Å². The first-order valence-electron chi connectivity index (χ1n) is 9.14. The number of carbonyl (C=O) groups is 1.